The molecule has 5 nitrogen and oxygen atoms in total. The third-order valence-corrected chi connectivity index (χ3v) is 2.98. The quantitative estimate of drug-likeness (QED) is 0.555. The topological polar surface area (TPSA) is 57.7 Å². The van der Waals surface area contributed by atoms with Gasteiger partial charge in [-0.1, -0.05) is 25.1 Å². The van der Waals surface area contributed by atoms with Crippen LogP contribution in [0.15, 0.2) is 30.3 Å². The van der Waals surface area contributed by atoms with E-state index in [9.17, 15) is 14.4 Å². The Morgan fingerprint density at radius 3 is 2.30 bits per heavy atom. The molecule has 5 heteroatoms. The number of aldehydes is 1. The second-order valence-corrected chi connectivity index (χ2v) is 4.54. The van der Waals surface area contributed by atoms with Gasteiger partial charge in [0.1, 0.15) is 0 Å². The number of likely N-dealkylation sites (N-methyl/N-ethyl adjacent to an activating group) is 1. The molecule has 2 amide bonds. The molecule has 1 aromatic carbocycles. The van der Waals surface area contributed by atoms with Crippen molar-refractivity contribution in [2.75, 3.05) is 26.7 Å². The van der Waals surface area contributed by atoms with E-state index in [2.05, 4.69) is 0 Å². The fourth-order valence-corrected chi connectivity index (χ4v) is 1.85. The van der Waals surface area contributed by atoms with Gasteiger partial charge in [0, 0.05) is 32.2 Å². The summed E-state index contributed by atoms with van der Waals surface area (Å²) >= 11 is 0. The maximum atomic E-state index is 12.1. The van der Waals surface area contributed by atoms with Crippen molar-refractivity contribution in [2.45, 2.75) is 13.3 Å². The van der Waals surface area contributed by atoms with Crippen LogP contribution >= 0.6 is 0 Å². The van der Waals surface area contributed by atoms with E-state index in [0.717, 1.165) is 6.42 Å². The summed E-state index contributed by atoms with van der Waals surface area (Å²) in [4.78, 5) is 37.1. The van der Waals surface area contributed by atoms with Crippen LogP contribution in [0, 0.1) is 0 Å². The molecule has 0 aliphatic heterocycles. The molecule has 0 aliphatic carbocycles. The molecule has 0 saturated carbocycles. The first-order valence-electron chi connectivity index (χ1n) is 6.64. The molecule has 0 unspecified atom stereocenters. The van der Waals surface area contributed by atoms with Gasteiger partial charge in [0.05, 0.1) is 0 Å². The minimum Gasteiger partial charge on any atom is -0.340 e. The fourth-order valence-electron chi connectivity index (χ4n) is 1.85. The van der Waals surface area contributed by atoms with Gasteiger partial charge in [0.25, 0.3) is 11.8 Å². The second kappa shape index (κ2) is 8.09. The highest BCUT2D eigenvalue weighted by molar-refractivity contribution is 6.23. The van der Waals surface area contributed by atoms with Crippen LogP contribution in [0.25, 0.3) is 0 Å². The zero-order valence-corrected chi connectivity index (χ0v) is 11.9. The highest BCUT2D eigenvalue weighted by atomic mass is 16.2. The molecule has 0 spiro atoms. The highest BCUT2D eigenvalue weighted by Crippen LogP contribution is 2.03. The van der Waals surface area contributed by atoms with Crippen molar-refractivity contribution in [3.05, 3.63) is 35.9 Å². The van der Waals surface area contributed by atoms with Gasteiger partial charge in [0.2, 0.25) is 6.29 Å². The van der Waals surface area contributed by atoms with E-state index >= 15 is 0 Å². The average Bonchev–Trinajstić information content (AvgIpc) is 2.50. The lowest BCUT2D eigenvalue weighted by Gasteiger charge is -2.24. The number of nitrogens with zero attached hydrogens (tertiary/aromatic N) is 2. The number of rotatable bonds is 7. The first-order chi connectivity index (χ1) is 9.60. The lowest BCUT2D eigenvalue weighted by molar-refractivity contribution is -0.138. The fraction of sp³-hybridized carbons (Fsp3) is 0.400. The Morgan fingerprint density at radius 1 is 1.10 bits per heavy atom. The molecule has 0 aliphatic rings. The Bertz CT molecular complexity index is 459. The largest absolute Gasteiger partial charge is 0.340 e. The summed E-state index contributed by atoms with van der Waals surface area (Å²) in [5, 5.41) is 0. The van der Waals surface area contributed by atoms with Gasteiger partial charge >= 0.3 is 0 Å². The molecule has 0 radical (unpaired) electrons. The molecule has 0 N–H and O–H groups in total. The lowest BCUT2D eigenvalue weighted by atomic mass is 10.2. The maximum absolute atomic E-state index is 12.1. The van der Waals surface area contributed by atoms with Gasteiger partial charge in [-0.05, 0) is 18.6 Å². The van der Waals surface area contributed by atoms with Crippen LogP contribution in [0.1, 0.15) is 23.7 Å². The summed E-state index contributed by atoms with van der Waals surface area (Å²) in [5.41, 5.74) is 0.610. The lowest BCUT2D eigenvalue weighted by Crippen LogP contribution is -2.40. The van der Waals surface area contributed by atoms with Crippen molar-refractivity contribution < 1.29 is 14.4 Å². The summed E-state index contributed by atoms with van der Waals surface area (Å²) in [5.74, 6) is -0.631. The predicted molar refractivity (Wildman–Crippen MR) is 76.3 cm³/mol. The van der Waals surface area contributed by atoms with Crippen LogP contribution in [-0.4, -0.2) is 54.6 Å². The van der Waals surface area contributed by atoms with Gasteiger partial charge in [-0.3, -0.25) is 14.4 Å². The van der Waals surface area contributed by atoms with E-state index in [1.165, 1.54) is 4.90 Å². The van der Waals surface area contributed by atoms with Crippen molar-refractivity contribution in [1.82, 2.24) is 9.80 Å². The number of benzene rings is 1. The van der Waals surface area contributed by atoms with Crippen molar-refractivity contribution in [2.24, 2.45) is 0 Å². The molecule has 20 heavy (non-hydrogen) atoms. The minimum absolute atomic E-state index is 0.0967. The summed E-state index contributed by atoms with van der Waals surface area (Å²) in [6, 6.07) is 8.96. The predicted octanol–water partition coefficient (Wildman–Crippen LogP) is 1.20. The Kier molecular flexibility index (Phi) is 6.43. The minimum atomic E-state index is -0.535. The Morgan fingerprint density at radius 2 is 1.75 bits per heavy atom. The number of carbonyl (C=O) groups is 3. The molecule has 0 fully saturated rings. The molecular formula is C15H20N2O3. The third-order valence-electron chi connectivity index (χ3n) is 2.98. The van der Waals surface area contributed by atoms with Crippen molar-refractivity contribution in [3.63, 3.8) is 0 Å². The van der Waals surface area contributed by atoms with E-state index in [1.54, 1.807) is 36.2 Å². The highest BCUT2D eigenvalue weighted by Gasteiger charge is 2.15. The SMILES string of the molecule is CCCN(CCN(C)C(=O)c1ccccc1)C(=O)C=O. The molecule has 0 saturated heterocycles. The second-order valence-electron chi connectivity index (χ2n) is 4.54. The molecule has 1 rings (SSSR count). The molecule has 0 atom stereocenters. The number of amides is 2. The molecule has 108 valence electrons. The summed E-state index contributed by atoms with van der Waals surface area (Å²) < 4.78 is 0. The Labute approximate surface area is 119 Å². The zero-order chi connectivity index (χ0) is 15.0. The third kappa shape index (κ3) is 4.50. The van der Waals surface area contributed by atoms with E-state index in [4.69, 9.17) is 0 Å². The van der Waals surface area contributed by atoms with E-state index in [1.807, 2.05) is 13.0 Å². The average molecular weight is 276 g/mol. The monoisotopic (exact) mass is 276 g/mol. The van der Waals surface area contributed by atoms with Crippen molar-refractivity contribution >= 4 is 18.1 Å². The van der Waals surface area contributed by atoms with E-state index in [-0.39, 0.29) is 5.91 Å². The van der Waals surface area contributed by atoms with E-state index in [0.29, 0.717) is 31.5 Å². The number of hydrogen-bond donors (Lipinski definition) is 0. The molecule has 0 bridgehead atoms. The van der Waals surface area contributed by atoms with E-state index < -0.39 is 5.91 Å². The van der Waals surface area contributed by atoms with Crippen molar-refractivity contribution in [3.8, 4) is 0 Å². The van der Waals surface area contributed by atoms with Crippen molar-refractivity contribution in [1.29, 1.82) is 0 Å². The van der Waals surface area contributed by atoms with Crippen LogP contribution in [0.4, 0.5) is 0 Å². The van der Waals surface area contributed by atoms with Gasteiger partial charge in [-0.2, -0.15) is 0 Å². The molecular weight excluding hydrogens is 256 g/mol. The first kappa shape index (κ1) is 15.9. The van der Waals surface area contributed by atoms with Gasteiger partial charge < -0.3 is 9.80 Å². The van der Waals surface area contributed by atoms with Crippen LogP contribution in [0.5, 0.6) is 0 Å². The molecule has 0 heterocycles. The Balaban J connectivity index is 2.57. The van der Waals surface area contributed by atoms with Gasteiger partial charge in [-0.25, -0.2) is 0 Å². The maximum Gasteiger partial charge on any atom is 0.286 e. The summed E-state index contributed by atoms with van der Waals surface area (Å²) in [6.07, 6.45) is 1.09. The smallest absolute Gasteiger partial charge is 0.286 e. The number of hydrogen-bond acceptors (Lipinski definition) is 3. The molecule has 0 aromatic heterocycles. The summed E-state index contributed by atoms with van der Waals surface area (Å²) in [7, 11) is 1.69. The zero-order valence-electron chi connectivity index (χ0n) is 11.9. The molecule has 1 aromatic rings. The van der Waals surface area contributed by atoms with Gasteiger partial charge in [0.15, 0.2) is 0 Å². The first-order valence-corrected chi connectivity index (χ1v) is 6.64. The van der Waals surface area contributed by atoms with Crippen LogP contribution in [0.3, 0.4) is 0 Å². The van der Waals surface area contributed by atoms with Crippen LogP contribution in [0.2, 0.25) is 0 Å². The summed E-state index contributed by atoms with van der Waals surface area (Å²) in [6.45, 7) is 3.21. The van der Waals surface area contributed by atoms with Gasteiger partial charge in [-0.15, -0.1) is 0 Å². The van der Waals surface area contributed by atoms with Crippen LogP contribution in [-0.2, 0) is 9.59 Å². The van der Waals surface area contributed by atoms with Crippen LogP contribution < -0.4 is 0 Å². The Hall–Kier alpha value is -2.17. The normalized spacial score (nSPS) is 9.90. The number of carbonyl (C=O) groups excluding carboxylic acids is 3. The standard InChI is InChI=1S/C15H20N2O3/c1-3-9-17(14(19)12-18)11-10-16(2)15(20)13-7-5-4-6-8-13/h4-8,12H,3,9-11H2,1-2H3.